The molecule has 2 N–H and O–H groups in total. The van der Waals surface area contributed by atoms with Gasteiger partial charge in [0, 0.05) is 6.04 Å². The molecular formula is C9H20N2O. The Balaban J connectivity index is 1.96. The van der Waals surface area contributed by atoms with Crippen LogP contribution < -0.4 is 5.32 Å². The van der Waals surface area contributed by atoms with Crippen molar-refractivity contribution in [1.82, 2.24) is 10.2 Å². The summed E-state index contributed by atoms with van der Waals surface area (Å²) in [5, 5.41) is 11.6. The van der Waals surface area contributed by atoms with E-state index in [-0.39, 0.29) is 6.73 Å². The first-order chi connectivity index (χ1) is 5.77. The highest BCUT2D eigenvalue weighted by Crippen LogP contribution is 2.33. The second kappa shape index (κ2) is 4.80. The van der Waals surface area contributed by atoms with E-state index in [2.05, 4.69) is 24.2 Å². The van der Waals surface area contributed by atoms with E-state index in [0.29, 0.717) is 6.04 Å². The minimum Gasteiger partial charge on any atom is -0.381 e. The van der Waals surface area contributed by atoms with Crippen LogP contribution in [0.5, 0.6) is 0 Å². The van der Waals surface area contributed by atoms with Crippen LogP contribution in [-0.4, -0.2) is 42.9 Å². The van der Waals surface area contributed by atoms with Gasteiger partial charge in [-0.1, -0.05) is 6.92 Å². The zero-order valence-electron chi connectivity index (χ0n) is 8.08. The molecule has 3 nitrogen and oxygen atoms in total. The molecular weight excluding hydrogens is 152 g/mol. The Morgan fingerprint density at radius 2 is 2.33 bits per heavy atom. The summed E-state index contributed by atoms with van der Waals surface area (Å²) < 4.78 is 0. The second-order valence-electron chi connectivity index (χ2n) is 3.65. The molecule has 1 saturated carbocycles. The molecule has 0 aromatic rings. The number of rotatable bonds is 6. The van der Waals surface area contributed by atoms with Crippen molar-refractivity contribution in [2.45, 2.75) is 25.8 Å². The largest absolute Gasteiger partial charge is 0.381 e. The minimum absolute atomic E-state index is 0.130. The maximum atomic E-state index is 8.60. The summed E-state index contributed by atoms with van der Waals surface area (Å²) in [4.78, 5) is 2.33. The van der Waals surface area contributed by atoms with Crippen LogP contribution >= 0.6 is 0 Å². The molecule has 3 heteroatoms. The van der Waals surface area contributed by atoms with E-state index >= 15 is 0 Å². The van der Waals surface area contributed by atoms with Gasteiger partial charge in [0.1, 0.15) is 0 Å². The number of nitrogens with one attached hydrogen (secondary N) is 1. The van der Waals surface area contributed by atoms with E-state index in [9.17, 15) is 0 Å². The fourth-order valence-corrected chi connectivity index (χ4v) is 1.48. The SMILES string of the molecule is CCN(C)CCC1CC1NCO. The lowest BCUT2D eigenvalue weighted by Crippen LogP contribution is -2.22. The van der Waals surface area contributed by atoms with Crippen LogP contribution in [0.1, 0.15) is 19.8 Å². The highest BCUT2D eigenvalue weighted by molar-refractivity contribution is 4.92. The first kappa shape index (κ1) is 9.96. The predicted molar refractivity (Wildman–Crippen MR) is 49.9 cm³/mol. The van der Waals surface area contributed by atoms with Gasteiger partial charge in [0.05, 0.1) is 6.73 Å². The fourth-order valence-electron chi connectivity index (χ4n) is 1.48. The Hall–Kier alpha value is -0.120. The number of hydrogen-bond donors (Lipinski definition) is 2. The van der Waals surface area contributed by atoms with Crippen molar-refractivity contribution in [1.29, 1.82) is 0 Å². The molecule has 0 aromatic carbocycles. The van der Waals surface area contributed by atoms with Gasteiger partial charge in [0.25, 0.3) is 0 Å². The Morgan fingerprint density at radius 3 is 2.92 bits per heavy atom. The summed E-state index contributed by atoms with van der Waals surface area (Å²) in [5.41, 5.74) is 0. The standard InChI is InChI=1S/C9H20N2O/c1-3-11(2)5-4-8-6-9(8)10-7-12/h8-10,12H,3-7H2,1-2H3. The van der Waals surface area contributed by atoms with Crippen molar-refractivity contribution in [2.75, 3.05) is 26.9 Å². The normalized spacial score (nSPS) is 28.0. The molecule has 0 spiro atoms. The third-order valence-electron chi connectivity index (χ3n) is 2.70. The average molecular weight is 172 g/mol. The Bertz CT molecular complexity index is 130. The van der Waals surface area contributed by atoms with E-state index in [4.69, 9.17) is 5.11 Å². The van der Waals surface area contributed by atoms with Gasteiger partial charge < -0.3 is 10.0 Å². The van der Waals surface area contributed by atoms with Crippen LogP contribution in [0.2, 0.25) is 0 Å². The lowest BCUT2D eigenvalue weighted by molar-refractivity contribution is 0.254. The summed E-state index contributed by atoms with van der Waals surface area (Å²) in [6.45, 7) is 4.62. The van der Waals surface area contributed by atoms with Crippen molar-refractivity contribution in [3.8, 4) is 0 Å². The average Bonchev–Trinajstić information content (AvgIpc) is 2.80. The van der Waals surface area contributed by atoms with Crippen LogP contribution in [-0.2, 0) is 0 Å². The van der Waals surface area contributed by atoms with E-state index in [0.717, 1.165) is 12.5 Å². The Labute approximate surface area is 74.8 Å². The minimum atomic E-state index is 0.130. The van der Waals surface area contributed by atoms with Gasteiger partial charge in [-0.3, -0.25) is 5.32 Å². The molecule has 0 aromatic heterocycles. The number of aliphatic hydroxyl groups is 1. The number of hydrogen-bond acceptors (Lipinski definition) is 3. The zero-order chi connectivity index (χ0) is 8.97. The van der Waals surface area contributed by atoms with Gasteiger partial charge in [-0.2, -0.15) is 0 Å². The van der Waals surface area contributed by atoms with Crippen molar-refractivity contribution in [2.24, 2.45) is 5.92 Å². The summed E-state index contributed by atoms with van der Waals surface area (Å²) in [6.07, 6.45) is 2.51. The van der Waals surface area contributed by atoms with E-state index in [1.165, 1.54) is 19.4 Å². The smallest absolute Gasteiger partial charge is 0.0933 e. The van der Waals surface area contributed by atoms with E-state index in [1.54, 1.807) is 0 Å². The summed E-state index contributed by atoms with van der Waals surface area (Å²) >= 11 is 0. The molecule has 1 fully saturated rings. The maximum absolute atomic E-state index is 8.60. The van der Waals surface area contributed by atoms with Crippen LogP contribution in [0.25, 0.3) is 0 Å². The van der Waals surface area contributed by atoms with E-state index < -0.39 is 0 Å². The van der Waals surface area contributed by atoms with Gasteiger partial charge in [0.2, 0.25) is 0 Å². The van der Waals surface area contributed by atoms with Gasteiger partial charge in [-0.15, -0.1) is 0 Å². The van der Waals surface area contributed by atoms with Crippen molar-refractivity contribution >= 4 is 0 Å². The van der Waals surface area contributed by atoms with Gasteiger partial charge in [0.15, 0.2) is 0 Å². The molecule has 0 heterocycles. The molecule has 2 atom stereocenters. The summed E-state index contributed by atoms with van der Waals surface area (Å²) in [6, 6.07) is 0.597. The molecule has 0 radical (unpaired) electrons. The van der Waals surface area contributed by atoms with Crippen LogP contribution in [0.3, 0.4) is 0 Å². The molecule has 12 heavy (non-hydrogen) atoms. The lowest BCUT2D eigenvalue weighted by atomic mass is 10.2. The molecule has 1 aliphatic rings. The Kier molecular flexibility index (Phi) is 3.98. The van der Waals surface area contributed by atoms with Crippen LogP contribution in [0, 0.1) is 5.92 Å². The first-order valence-electron chi connectivity index (χ1n) is 4.80. The fraction of sp³-hybridized carbons (Fsp3) is 1.00. The molecule has 1 aliphatic carbocycles. The van der Waals surface area contributed by atoms with Crippen LogP contribution in [0.4, 0.5) is 0 Å². The second-order valence-corrected chi connectivity index (χ2v) is 3.65. The van der Waals surface area contributed by atoms with Crippen molar-refractivity contribution < 1.29 is 5.11 Å². The van der Waals surface area contributed by atoms with Gasteiger partial charge in [-0.05, 0) is 38.9 Å². The lowest BCUT2D eigenvalue weighted by Gasteiger charge is -2.12. The highest BCUT2D eigenvalue weighted by Gasteiger charge is 2.35. The van der Waals surface area contributed by atoms with Crippen molar-refractivity contribution in [3.63, 3.8) is 0 Å². The quantitative estimate of drug-likeness (QED) is 0.564. The molecule has 0 aliphatic heterocycles. The number of nitrogens with zero attached hydrogens (tertiary/aromatic N) is 1. The predicted octanol–water partition coefficient (Wildman–Crippen LogP) is 0.256. The van der Waals surface area contributed by atoms with Gasteiger partial charge in [-0.25, -0.2) is 0 Å². The van der Waals surface area contributed by atoms with Crippen molar-refractivity contribution in [3.05, 3.63) is 0 Å². The molecule has 72 valence electrons. The first-order valence-corrected chi connectivity index (χ1v) is 4.80. The summed E-state index contributed by atoms with van der Waals surface area (Å²) in [5.74, 6) is 0.811. The zero-order valence-corrected chi connectivity index (χ0v) is 8.08. The molecule has 1 rings (SSSR count). The Morgan fingerprint density at radius 1 is 1.58 bits per heavy atom. The van der Waals surface area contributed by atoms with Gasteiger partial charge >= 0.3 is 0 Å². The summed E-state index contributed by atoms with van der Waals surface area (Å²) in [7, 11) is 2.15. The third kappa shape index (κ3) is 3.09. The molecule has 0 bridgehead atoms. The third-order valence-corrected chi connectivity index (χ3v) is 2.70. The van der Waals surface area contributed by atoms with Crippen LogP contribution in [0.15, 0.2) is 0 Å². The monoisotopic (exact) mass is 172 g/mol. The molecule has 0 amide bonds. The molecule has 0 saturated heterocycles. The number of aliphatic hydroxyl groups excluding tert-OH is 1. The highest BCUT2D eigenvalue weighted by atomic mass is 16.3. The van der Waals surface area contributed by atoms with E-state index in [1.807, 2.05) is 0 Å². The maximum Gasteiger partial charge on any atom is 0.0933 e. The topological polar surface area (TPSA) is 35.5 Å². The molecule has 2 unspecified atom stereocenters.